The summed E-state index contributed by atoms with van der Waals surface area (Å²) in [5, 5.41) is 0. The van der Waals surface area contributed by atoms with Crippen LogP contribution in [-0.4, -0.2) is 19.4 Å². The Bertz CT molecular complexity index is 617. The molecule has 0 spiro atoms. The lowest BCUT2D eigenvalue weighted by atomic mass is 9.94. The average molecular weight is 265 g/mol. The number of aryl methyl sites for hydroxylation is 1. The van der Waals surface area contributed by atoms with E-state index in [-0.39, 0.29) is 0 Å². The molecule has 0 fully saturated rings. The maximum absolute atomic E-state index is 5.30. The molecule has 0 unspecified atom stereocenters. The van der Waals surface area contributed by atoms with Crippen LogP contribution in [0.2, 0.25) is 0 Å². The average Bonchev–Trinajstić information content (AvgIpc) is 2.53. The van der Waals surface area contributed by atoms with Gasteiger partial charge in [0.25, 0.3) is 0 Å². The van der Waals surface area contributed by atoms with Gasteiger partial charge in [0.2, 0.25) is 0 Å². The summed E-state index contributed by atoms with van der Waals surface area (Å²) in [6.45, 7) is 0.893. The molecule has 0 bridgehead atoms. The molecule has 2 aromatic carbocycles. The van der Waals surface area contributed by atoms with E-state index in [1.54, 1.807) is 7.11 Å². The van der Waals surface area contributed by atoms with Crippen molar-refractivity contribution in [2.24, 2.45) is 4.99 Å². The molecule has 2 heteroatoms. The van der Waals surface area contributed by atoms with Crippen LogP contribution in [0.5, 0.6) is 5.75 Å². The molecular weight excluding hydrogens is 246 g/mol. The highest BCUT2D eigenvalue weighted by Crippen LogP contribution is 2.23. The number of nitrogens with zero attached hydrogens (tertiary/aromatic N) is 1. The van der Waals surface area contributed by atoms with Crippen molar-refractivity contribution in [3.05, 3.63) is 65.2 Å². The van der Waals surface area contributed by atoms with Crippen LogP contribution in [0.1, 0.15) is 23.1 Å². The molecule has 2 nitrogen and oxygen atoms in total. The van der Waals surface area contributed by atoms with Crippen LogP contribution in [-0.2, 0) is 12.8 Å². The van der Waals surface area contributed by atoms with Crippen LogP contribution in [0, 0.1) is 0 Å². The van der Waals surface area contributed by atoms with Crippen molar-refractivity contribution in [1.82, 2.24) is 0 Å². The molecule has 2 aromatic rings. The Hall–Kier alpha value is -2.09. The number of rotatable bonds is 4. The largest absolute Gasteiger partial charge is 0.497 e. The van der Waals surface area contributed by atoms with Crippen LogP contribution in [0.15, 0.2) is 53.5 Å². The number of aliphatic imine (C=N–C) groups is 1. The Morgan fingerprint density at radius 3 is 2.70 bits per heavy atom. The van der Waals surface area contributed by atoms with Gasteiger partial charge in [-0.3, -0.25) is 4.99 Å². The van der Waals surface area contributed by atoms with Crippen molar-refractivity contribution in [2.45, 2.75) is 19.3 Å². The van der Waals surface area contributed by atoms with E-state index >= 15 is 0 Å². The SMILES string of the molecule is COc1ccc2c(c1)CCN=C2CCc1ccccc1. The van der Waals surface area contributed by atoms with E-state index in [9.17, 15) is 0 Å². The topological polar surface area (TPSA) is 21.6 Å². The van der Waals surface area contributed by atoms with E-state index < -0.39 is 0 Å². The zero-order valence-electron chi connectivity index (χ0n) is 11.8. The van der Waals surface area contributed by atoms with Crippen molar-refractivity contribution in [2.75, 3.05) is 13.7 Å². The first-order valence-electron chi connectivity index (χ1n) is 7.11. The summed E-state index contributed by atoms with van der Waals surface area (Å²) in [4.78, 5) is 4.72. The van der Waals surface area contributed by atoms with E-state index in [1.165, 1.54) is 22.4 Å². The summed E-state index contributed by atoms with van der Waals surface area (Å²) in [6.07, 6.45) is 3.07. The zero-order valence-corrected chi connectivity index (χ0v) is 11.8. The third-order valence-electron chi connectivity index (χ3n) is 3.80. The lowest BCUT2D eigenvalue weighted by Crippen LogP contribution is -2.13. The van der Waals surface area contributed by atoms with Crippen molar-refractivity contribution < 1.29 is 4.74 Å². The summed E-state index contributed by atoms with van der Waals surface area (Å²) in [7, 11) is 1.72. The minimum absolute atomic E-state index is 0.893. The summed E-state index contributed by atoms with van der Waals surface area (Å²) in [5.41, 5.74) is 5.27. The van der Waals surface area contributed by atoms with E-state index in [0.29, 0.717) is 0 Å². The van der Waals surface area contributed by atoms with Gasteiger partial charge >= 0.3 is 0 Å². The Balaban J connectivity index is 1.77. The first-order valence-corrected chi connectivity index (χ1v) is 7.11. The van der Waals surface area contributed by atoms with Gasteiger partial charge in [-0.2, -0.15) is 0 Å². The van der Waals surface area contributed by atoms with Crippen molar-refractivity contribution >= 4 is 5.71 Å². The van der Waals surface area contributed by atoms with Crippen LogP contribution in [0.25, 0.3) is 0 Å². The first kappa shape index (κ1) is 12.9. The van der Waals surface area contributed by atoms with Gasteiger partial charge in [0.1, 0.15) is 5.75 Å². The molecule has 3 rings (SSSR count). The van der Waals surface area contributed by atoms with Crippen molar-refractivity contribution in [1.29, 1.82) is 0 Å². The summed E-state index contributed by atoms with van der Waals surface area (Å²) in [5.74, 6) is 0.938. The quantitative estimate of drug-likeness (QED) is 0.826. The van der Waals surface area contributed by atoms with Gasteiger partial charge in [0, 0.05) is 12.3 Å². The summed E-state index contributed by atoms with van der Waals surface area (Å²) < 4.78 is 5.30. The predicted octanol–water partition coefficient (Wildman–Crippen LogP) is 3.67. The standard InChI is InChI=1S/C18H19NO/c1-20-16-8-9-17-15(13-16)11-12-19-18(17)10-7-14-5-3-2-4-6-14/h2-6,8-9,13H,7,10-12H2,1H3. The smallest absolute Gasteiger partial charge is 0.119 e. The highest BCUT2D eigenvalue weighted by molar-refractivity contribution is 6.02. The lowest BCUT2D eigenvalue weighted by Gasteiger charge is -2.18. The highest BCUT2D eigenvalue weighted by Gasteiger charge is 2.14. The van der Waals surface area contributed by atoms with Gasteiger partial charge in [-0.25, -0.2) is 0 Å². The van der Waals surface area contributed by atoms with Crippen LogP contribution in [0.4, 0.5) is 0 Å². The predicted molar refractivity (Wildman–Crippen MR) is 82.9 cm³/mol. The van der Waals surface area contributed by atoms with Gasteiger partial charge in [-0.1, -0.05) is 30.3 Å². The molecule has 0 aromatic heterocycles. The number of benzene rings is 2. The zero-order chi connectivity index (χ0) is 13.8. The maximum Gasteiger partial charge on any atom is 0.119 e. The van der Waals surface area contributed by atoms with Gasteiger partial charge in [0.15, 0.2) is 0 Å². The second-order valence-corrected chi connectivity index (χ2v) is 5.09. The molecule has 0 saturated carbocycles. The molecule has 1 aliphatic rings. The van der Waals surface area contributed by atoms with E-state index in [0.717, 1.165) is 31.6 Å². The van der Waals surface area contributed by atoms with E-state index in [4.69, 9.17) is 9.73 Å². The van der Waals surface area contributed by atoms with Gasteiger partial charge in [0.05, 0.1) is 7.11 Å². The molecule has 0 radical (unpaired) electrons. The molecule has 1 aliphatic heterocycles. The molecule has 0 aliphatic carbocycles. The van der Waals surface area contributed by atoms with E-state index in [2.05, 4.69) is 42.5 Å². The van der Waals surface area contributed by atoms with Crippen LogP contribution >= 0.6 is 0 Å². The Kier molecular flexibility index (Phi) is 3.82. The van der Waals surface area contributed by atoms with Gasteiger partial charge < -0.3 is 4.74 Å². The third-order valence-corrected chi connectivity index (χ3v) is 3.80. The molecule has 1 heterocycles. The second-order valence-electron chi connectivity index (χ2n) is 5.09. The molecule has 102 valence electrons. The Morgan fingerprint density at radius 1 is 1.05 bits per heavy atom. The van der Waals surface area contributed by atoms with Crippen molar-refractivity contribution in [3.8, 4) is 5.75 Å². The van der Waals surface area contributed by atoms with Crippen LogP contribution < -0.4 is 4.74 Å². The fourth-order valence-corrected chi connectivity index (χ4v) is 2.70. The molecule has 20 heavy (non-hydrogen) atoms. The highest BCUT2D eigenvalue weighted by atomic mass is 16.5. The molecule has 0 atom stereocenters. The fraction of sp³-hybridized carbons (Fsp3) is 0.278. The molecule has 0 saturated heterocycles. The number of ether oxygens (including phenoxy) is 1. The number of hydrogen-bond donors (Lipinski definition) is 0. The fourth-order valence-electron chi connectivity index (χ4n) is 2.70. The Morgan fingerprint density at radius 2 is 1.90 bits per heavy atom. The number of fused-ring (bicyclic) bond motifs is 1. The summed E-state index contributed by atoms with van der Waals surface area (Å²) in [6, 6.07) is 16.9. The minimum Gasteiger partial charge on any atom is -0.497 e. The number of methoxy groups -OCH3 is 1. The Labute approximate surface area is 120 Å². The van der Waals surface area contributed by atoms with E-state index in [1.807, 2.05) is 6.07 Å². The maximum atomic E-state index is 5.30. The first-order chi connectivity index (χ1) is 9.86. The van der Waals surface area contributed by atoms with Crippen LogP contribution in [0.3, 0.4) is 0 Å². The monoisotopic (exact) mass is 265 g/mol. The number of hydrogen-bond acceptors (Lipinski definition) is 2. The molecule has 0 amide bonds. The molecule has 0 N–H and O–H groups in total. The van der Waals surface area contributed by atoms with Gasteiger partial charge in [-0.15, -0.1) is 0 Å². The minimum atomic E-state index is 0.893. The van der Waals surface area contributed by atoms with Crippen molar-refractivity contribution in [3.63, 3.8) is 0 Å². The van der Waals surface area contributed by atoms with Gasteiger partial charge in [-0.05, 0) is 54.2 Å². The normalized spacial score (nSPS) is 13.6. The lowest BCUT2D eigenvalue weighted by molar-refractivity contribution is 0.414. The summed E-state index contributed by atoms with van der Waals surface area (Å²) >= 11 is 0. The molecular formula is C18H19NO. The third kappa shape index (κ3) is 2.74. The second kappa shape index (κ2) is 5.91.